The minimum absolute atomic E-state index is 0.291. The van der Waals surface area contributed by atoms with Crippen molar-refractivity contribution in [3.63, 3.8) is 0 Å². The molecule has 86 valence electrons. The van der Waals surface area contributed by atoms with Gasteiger partial charge in [0, 0.05) is 18.2 Å². The summed E-state index contributed by atoms with van der Waals surface area (Å²) in [6.45, 7) is 6.35. The average Bonchev–Trinajstić information content (AvgIpc) is 2.87. The van der Waals surface area contributed by atoms with Gasteiger partial charge in [-0.25, -0.2) is 4.98 Å². The van der Waals surface area contributed by atoms with Gasteiger partial charge in [-0.1, -0.05) is 6.92 Å². The standard InChI is InChI=1S/C12H17N3O/c1-9(2)15-8-11(7-14-15)6-10(3)12-13-4-5-16-12/h4-5,7-10H,6H2,1-3H3. The summed E-state index contributed by atoms with van der Waals surface area (Å²) in [4.78, 5) is 4.16. The second kappa shape index (κ2) is 4.51. The molecule has 0 aliphatic carbocycles. The van der Waals surface area contributed by atoms with Crippen LogP contribution in [-0.4, -0.2) is 14.8 Å². The smallest absolute Gasteiger partial charge is 0.197 e. The first-order valence-electron chi connectivity index (χ1n) is 5.59. The lowest BCUT2D eigenvalue weighted by Gasteiger charge is -2.05. The molecule has 0 aromatic carbocycles. The van der Waals surface area contributed by atoms with Gasteiger partial charge in [0.25, 0.3) is 0 Å². The van der Waals surface area contributed by atoms with Gasteiger partial charge in [-0.2, -0.15) is 5.10 Å². The van der Waals surface area contributed by atoms with Gasteiger partial charge in [0.2, 0.25) is 0 Å². The van der Waals surface area contributed by atoms with Crippen molar-refractivity contribution in [2.75, 3.05) is 0 Å². The molecule has 4 heteroatoms. The van der Waals surface area contributed by atoms with Crippen LogP contribution in [0.15, 0.2) is 29.3 Å². The molecule has 1 unspecified atom stereocenters. The highest BCUT2D eigenvalue weighted by Crippen LogP contribution is 2.18. The van der Waals surface area contributed by atoms with E-state index in [4.69, 9.17) is 4.42 Å². The number of rotatable bonds is 4. The first-order valence-corrected chi connectivity index (χ1v) is 5.59. The Bertz CT molecular complexity index is 431. The average molecular weight is 219 g/mol. The Morgan fingerprint density at radius 3 is 2.75 bits per heavy atom. The summed E-state index contributed by atoms with van der Waals surface area (Å²) in [6.07, 6.45) is 8.21. The molecular weight excluding hydrogens is 202 g/mol. The van der Waals surface area contributed by atoms with Crippen LogP contribution >= 0.6 is 0 Å². The van der Waals surface area contributed by atoms with Crippen LogP contribution in [0.4, 0.5) is 0 Å². The molecule has 0 N–H and O–H groups in total. The number of hydrogen-bond acceptors (Lipinski definition) is 3. The van der Waals surface area contributed by atoms with Gasteiger partial charge in [0.15, 0.2) is 5.89 Å². The number of aromatic nitrogens is 3. The predicted octanol–water partition coefficient (Wildman–Crippen LogP) is 2.80. The molecule has 4 nitrogen and oxygen atoms in total. The summed E-state index contributed by atoms with van der Waals surface area (Å²) in [6, 6.07) is 0.408. The molecule has 0 aliphatic heterocycles. The van der Waals surface area contributed by atoms with Crippen molar-refractivity contribution in [3.05, 3.63) is 36.3 Å². The number of oxazole rings is 1. The molecule has 0 saturated heterocycles. The minimum atomic E-state index is 0.291. The van der Waals surface area contributed by atoms with Crippen LogP contribution in [0.5, 0.6) is 0 Å². The molecule has 0 aliphatic rings. The molecule has 0 spiro atoms. The fourth-order valence-electron chi connectivity index (χ4n) is 1.68. The minimum Gasteiger partial charge on any atom is -0.449 e. The van der Waals surface area contributed by atoms with Crippen LogP contribution in [0.1, 0.15) is 44.2 Å². The molecule has 2 aromatic rings. The largest absolute Gasteiger partial charge is 0.449 e. The summed E-state index contributed by atoms with van der Waals surface area (Å²) >= 11 is 0. The zero-order valence-electron chi connectivity index (χ0n) is 9.92. The molecule has 16 heavy (non-hydrogen) atoms. The zero-order chi connectivity index (χ0) is 11.5. The summed E-state index contributed by atoms with van der Waals surface area (Å²) in [5, 5.41) is 4.32. The van der Waals surface area contributed by atoms with E-state index in [9.17, 15) is 0 Å². The van der Waals surface area contributed by atoms with Gasteiger partial charge in [-0.05, 0) is 25.8 Å². The van der Waals surface area contributed by atoms with Crippen molar-refractivity contribution in [1.29, 1.82) is 0 Å². The molecule has 1 atom stereocenters. The molecule has 2 heterocycles. The zero-order valence-corrected chi connectivity index (χ0v) is 9.92. The maximum atomic E-state index is 5.28. The fraction of sp³-hybridized carbons (Fsp3) is 0.500. The third-order valence-corrected chi connectivity index (χ3v) is 2.60. The van der Waals surface area contributed by atoms with Gasteiger partial charge in [-0.3, -0.25) is 4.68 Å². The van der Waals surface area contributed by atoms with Crippen molar-refractivity contribution in [2.45, 2.75) is 39.2 Å². The number of hydrogen-bond donors (Lipinski definition) is 0. The Balaban J connectivity index is 2.03. The molecule has 0 saturated carbocycles. The van der Waals surface area contributed by atoms with E-state index in [1.54, 1.807) is 12.5 Å². The highest BCUT2D eigenvalue weighted by molar-refractivity contribution is 5.09. The van der Waals surface area contributed by atoms with E-state index in [2.05, 4.69) is 37.1 Å². The topological polar surface area (TPSA) is 43.9 Å². The van der Waals surface area contributed by atoms with Gasteiger partial charge >= 0.3 is 0 Å². The highest BCUT2D eigenvalue weighted by Gasteiger charge is 2.12. The van der Waals surface area contributed by atoms with Crippen LogP contribution in [0.3, 0.4) is 0 Å². The van der Waals surface area contributed by atoms with E-state index in [1.807, 2.05) is 10.9 Å². The summed E-state index contributed by atoms with van der Waals surface area (Å²) in [7, 11) is 0. The summed E-state index contributed by atoms with van der Waals surface area (Å²) in [5.41, 5.74) is 1.22. The van der Waals surface area contributed by atoms with E-state index in [-0.39, 0.29) is 0 Å². The molecule has 0 radical (unpaired) electrons. The Kier molecular flexibility index (Phi) is 3.08. The molecule has 2 aromatic heterocycles. The van der Waals surface area contributed by atoms with E-state index in [0.29, 0.717) is 12.0 Å². The highest BCUT2D eigenvalue weighted by atomic mass is 16.3. The Morgan fingerprint density at radius 1 is 1.38 bits per heavy atom. The van der Waals surface area contributed by atoms with Crippen LogP contribution in [-0.2, 0) is 6.42 Å². The maximum Gasteiger partial charge on any atom is 0.197 e. The Labute approximate surface area is 95.3 Å². The van der Waals surface area contributed by atoms with Gasteiger partial charge < -0.3 is 4.42 Å². The van der Waals surface area contributed by atoms with Crippen molar-refractivity contribution in [1.82, 2.24) is 14.8 Å². The lowest BCUT2D eigenvalue weighted by molar-refractivity contribution is 0.456. The van der Waals surface area contributed by atoms with Crippen molar-refractivity contribution in [3.8, 4) is 0 Å². The summed E-state index contributed by atoms with van der Waals surface area (Å²) in [5.74, 6) is 1.08. The SMILES string of the molecule is CC(Cc1cnn(C(C)C)c1)c1ncco1. The third kappa shape index (κ3) is 2.32. The maximum absolute atomic E-state index is 5.28. The van der Waals surface area contributed by atoms with E-state index < -0.39 is 0 Å². The van der Waals surface area contributed by atoms with E-state index in [1.165, 1.54) is 5.56 Å². The van der Waals surface area contributed by atoms with Crippen LogP contribution in [0, 0.1) is 0 Å². The normalized spacial score (nSPS) is 13.2. The quantitative estimate of drug-likeness (QED) is 0.794. The van der Waals surface area contributed by atoms with E-state index >= 15 is 0 Å². The molecule has 0 bridgehead atoms. The Hall–Kier alpha value is -1.58. The molecule has 0 fully saturated rings. The van der Waals surface area contributed by atoms with Gasteiger partial charge in [0.1, 0.15) is 6.26 Å². The van der Waals surface area contributed by atoms with Crippen molar-refractivity contribution in [2.24, 2.45) is 0 Å². The van der Waals surface area contributed by atoms with E-state index in [0.717, 1.165) is 12.3 Å². The monoisotopic (exact) mass is 219 g/mol. The third-order valence-electron chi connectivity index (χ3n) is 2.60. The second-order valence-electron chi connectivity index (χ2n) is 4.40. The van der Waals surface area contributed by atoms with Crippen molar-refractivity contribution >= 4 is 0 Å². The van der Waals surface area contributed by atoms with Gasteiger partial charge in [0.05, 0.1) is 12.4 Å². The molecular formula is C12H17N3O. The van der Waals surface area contributed by atoms with Crippen LogP contribution in [0.2, 0.25) is 0 Å². The van der Waals surface area contributed by atoms with Crippen molar-refractivity contribution < 1.29 is 4.42 Å². The summed E-state index contributed by atoms with van der Waals surface area (Å²) < 4.78 is 7.25. The lowest BCUT2D eigenvalue weighted by Crippen LogP contribution is -2.01. The second-order valence-corrected chi connectivity index (χ2v) is 4.40. The molecule has 2 rings (SSSR count). The fourth-order valence-corrected chi connectivity index (χ4v) is 1.68. The molecule has 0 amide bonds. The first kappa shape index (κ1) is 10.9. The predicted molar refractivity (Wildman–Crippen MR) is 61.2 cm³/mol. The lowest BCUT2D eigenvalue weighted by atomic mass is 10.0. The Morgan fingerprint density at radius 2 is 2.19 bits per heavy atom. The van der Waals surface area contributed by atoms with Crippen LogP contribution in [0.25, 0.3) is 0 Å². The first-order chi connectivity index (χ1) is 7.66. The number of nitrogens with zero attached hydrogens (tertiary/aromatic N) is 3. The van der Waals surface area contributed by atoms with Gasteiger partial charge in [-0.15, -0.1) is 0 Å². The van der Waals surface area contributed by atoms with Crippen LogP contribution < -0.4 is 0 Å².